The van der Waals surface area contributed by atoms with E-state index in [0.717, 1.165) is 11.3 Å². The molecule has 0 saturated carbocycles. The second-order valence-corrected chi connectivity index (χ2v) is 6.43. The first kappa shape index (κ1) is 21.9. The average molecular weight is 397 g/mol. The van der Waals surface area contributed by atoms with Crippen molar-refractivity contribution < 1.29 is 19.1 Å². The minimum absolute atomic E-state index is 0.0497. The standard InChI is InChI=1S/C22H27N3O4/c1-3-20(26)23-14-15-24-22(28)17-7-9-18(10-8-17)25-21(27)13-6-16-4-11-19(29-2)12-5-16/h4-5,7-12H,3,6,13-15H2,1-2H3,(H,23,26)(H,24,28)(H,25,27). The van der Waals surface area contributed by atoms with Gasteiger partial charge in [-0.3, -0.25) is 14.4 Å². The molecule has 7 heteroatoms. The molecule has 0 spiro atoms. The normalized spacial score (nSPS) is 10.1. The van der Waals surface area contributed by atoms with Gasteiger partial charge in [0.05, 0.1) is 7.11 Å². The quantitative estimate of drug-likeness (QED) is 0.537. The van der Waals surface area contributed by atoms with Crippen LogP contribution < -0.4 is 20.7 Å². The molecule has 3 amide bonds. The van der Waals surface area contributed by atoms with Crippen LogP contribution in [0.5, 0.6) is 5.75 Å². The van der Waals surface area contributed by atoms with Crippen LogP contribution in [-0.2, 0) is 16.0 Å². The summed E-state index contributed by atoms with van der Waals surface area (Å²) in [5.41, 5.74) is 2.18. The van der Waals surface area contributed by atoms with E-state index in [1.165, 1.54) is 0 Å². The van der Waals surface area contributed by atoms with Crippen molar-refractivity contribution in [3.05, 3.63) is 59.7 Å². The van der Waals surface area contributed by atoms with Crippen LogP contribution in [0, 0.1) is 0 Å². The molecule has 2 rings (SSSR count). The van der Waals surface area contributed by atoms with Crippen molar-refractivity contribution in [2.75, 3.05) is 25.5 Å². The second kappa shape index (κ2) is 11.5. The number of anilines is 1. The van der Waals surface area contributed by atoms with Gasteiger partial charge in [-0.25, -0.2) is 0 Å². The van der Waals surface area contributed by atoms with Crippen molar-refractivity contribution in [2.45, 2.75) is 26.2 Å². The van der Waals surface area contributed by atoms with Gasteiger partial charge >= 0.3 is 0 Å². The molecular formula is C22H27N3O4. The Morgan fingerprint density at radius 2 is 1.52 bits per heavy atom. The summed E-state index contributed by atoms with van der Waals surface area (Å²) in [6, 6.07) is 14.3. The molecule has 154 valence electrons. The number of ether oxygens (including phenoxy) is 1. The second-order valence-electron chi connectivity index (χ2n) is 6.43. The van der Waals surface area contributed by atoms with Crippen LogP contribution in [0.15, 0.2) is 48.5 Å². The molecule has 2 aromatic carbocycles. The SMILES string of the molecule is CCC(=O)NCCNC(=O)c1ccc(NC(=O)CCc2ccc(OC)cc2)cc1. The first-order valence-electron chi connectivity index (χ1n) is 9.59. The third kappa shape index (κ3) is 7.65. The predicted molar refractivity (Wildman–Crippen MR) is 112 cm³/mol. The van der Waals surface area contributed by atoms with Crippen molar-refractivity contribution in [1.82, 2.24) is 10.6 Å². The lowest BCUT2D eigenvalue weighted by molar-refractivity contribution is -0.120. The molecule has 29 heavy (non-hydrogen) atoms. The van der Waals surface area contributed by atoms with Crippen molar-refractivity contribution in [3.8, 4) is 5.75 Å². The Bertz CT molecular complexity index is 817. The van der Waals surface area contributed by atoms with Crippen LogP contribution in [0.1, 0.15) is 35.7 Å². The Morgan fingerprint density at radius 3 is 2.14 bits per heavy atom. The van der Waals surface area contributed by atoms with Crippen molar-refractivity contribution in [3.63, 3.8) is 0 Å². The molecule has 0 radical (unpaired) electrons. The predicted octanol–water partition coefficient (Wildman–Crippen LogP) is 2.52. The number of carbonyl (C=O) groups is 3. The number of amides is 3. The number of carbonyl (C=O) groups excluding carboxylic acids is 3. The zero-order chi connectivity index (χ0) is 21.1. The van der Waals surface area contributed by atoms with Crippen molar-refractivity contribution >= 4 is 23.4 Å². The molecule has 0 fully saturated rings. The first-order chi connectivity index (χ1) is 14.0. The van der Waals surface area contributed by atoms with Crippen LogP contribution in [0.2, 0.25) is 0 Å². The van der Waals surface area contributed by atoms with Gasteiger partial charge in [-0.05, 0) is 48.4 Å². The molecule has 0 aliphatic carbocycles. The summed E-state index contributed by atoms with van der Waals surface area (Å²) in [4.78, 5) is 35.4. The third-order valence-corrected chi connectivity index (χ3v) is 4.28. The van der Waals surface area contributed by atoms with Gasteiger partial charge in [-0.15, -0.1) is 0 Å². The summed E-state index contributed by atoms with van der Waals surface area (Å²) >= 11 is 0. The lowest BCUT2D eigenvalue weighted by Gasteiger charge is -2.08. The van der Waals surface area contributed by atoms with E-state index >= 15 is 0 Å². The van der Waals surface area contributed by atoms with E-state index < -0.39 is 0 Å². The van der Waals surface area contributed by atoms with Gasteiger partial charge < -0.3 is 20.7 Å². The Kier molecular flexibility index (Phi) is 8.69. The molecule has 3 N–H and O–H groups in total. The number of aryl methyl sites for hydroxylation is 1. The maximum atomic E-state index is 12.1. The lowest BCUT2D eigenvalue weighted by atomic mass is 10.1. The van der Waals surface area contributed by atoms with Crippen LogP contribution in [0.25, 0.3) is 0 Å². The van der Waals surface area contributed by atoms with E-state index in [1.807, 2.05) is 24.3 Å². The Hall–Kier alpha value is -3.35. The number of hydrogen-bond donors (Lipinski definition) is 3. The van der Waals surface area contributed by atoms with E-state index in [2.05, 4.69) is 16.0 Å². The van der Waals surface area contributed by atoms with Gasteiger partial charge in [0.1, 0.15) is 5.75 Å². The molecule has 0 aliphatic heterocycles. The third-order valence-electron chi connectivity index (χ3n) is 4.28. The van der Waals surface area contributed by atoms with Gasteiger partial charge in [0.25, 0.3) is 5.91 Å². The molecule has 0 unspecified atom stereocenters. The molecule has 0 saturated heterocycles. The van der Waals surface area contributed by atoms with E-state index in [0.29, 0.717) is 43.6 Å². The zero-order valence-electron chi connectivity index (χ0n) is 16.8. The van der Waals surface area contributed by atoms with Crippen LogP contribution in [-0.4, -0.2) is 37.9 Å². The van der Waals surface area contributed by atoms with Crippen LogP contribution in [0.4, 0.5) is 5.69 Å². The molecular weight excluding hydrogens is 370 g/mol. The molecule has 2 aromatic rings. The summed E-state index contributed by atoms with van der Waals surface area (Å²) < 4.78 is 5.12. The molecule has 0 aromatic heterocycles. The van der Waals surface area contributed by atoms with E-state index in [4.69, 9.17) is 4.74 Å². The minimum Gasteiger partial charge on any atom is -0.497 e. The van der Waals surface area contributed by atoms with Crippen molar-refractivity contribution in [1.29, 1.82) is 0 Å². The summed E-state index contributed by atoms with van der Waals surface area (Å²) in [6.07, 6.45) is 1.41. The monoisotopic (exact) mass is 397 g/mol. The fourth-order valence-electron chi connectivity index (χ4n) is 2.58. The van der Waals surface area contributed by atoms with Crippen molar-refractivity contribution in [2.24, 2.45) is 0 Å². The molecule has 0 atom stereocenters. The fraction of sp³-hybridized carbons (Fsp3) is 0.318. The number of methoxy groups -OCH3 is 1. The van der Waals surface area contributed by atoms with Gasteiger partial charge in [-0.2, -0.15) is 0 Å². The average Bonchev–Trinajstić information content (AvgIpc) is 2.75. The van der Waals surface area contributed by atoms with E-state index in [1.54, 1.807) is 38.3 Å². The fourth-order valence-corrected chi connectivity index (χ4v) is 2.58. The van der Waals surface area contributed by atoms with Gasteiger partial charge in [-0.1, -0.05) is 19.1 Å². The summed E-state index contributed by atoms with van der Waals surface area (Å²) in [5, 5.41) is 8.26. The number of rotatable bonds is 10. The summed E-state index contributed by atoms with van der Waals surface area (Å²) in [5.74, 6) is 0.414. The Balaban J connectivity index is 1.74. The molecule has 0 aliphatic rings. The maximum Gasteiger partial charge on any atom is 0.251 e. The lowest BCUT2D eigenvalue weighted by Crippen LogP contribution is -2.34. The zero-order valence-corrected chi connectivity index (χ0v) is 16.8. The number of nitrogens with one attached hydrogen (secondary N) is 3. The molecule has 0 bridgehead atoms. The molecule has 7 nitrogen and oxygen atoms in total. The summed E-state index contributed by atoms with van der Waals surface area (Å²) in [7, 11) is 1.62. The van der Waals surface area contributed by atoms with Gasteiger partial charge in [0.15, 0.2) is 0 Å². The van der Waals surface area contributed by atoms with E-state index in [-0.39, 0.29) is 17.7 Å². The highest BCUT2D eigenvalue weighted by molar-refractivity contribution is 5.95. The highest BCUT2D eigenvalue weighted by Gasteiger charge is 2.07. The topological polar surface area (TPSA) is 96.5 Å². The Morgan fingerprint density at radius 1 is 0.862 bits per heavy atom. The summed E-state index contributed by atoms with van der Waals surface area (Å²) in [6.45, 7) is 2.52. The Labute approximate surface area is 170 Å². The largest absolute Gasteiger partial charge is 0.497 e. The van der Waals surface area contributed by atoms with E-state index in [9.17, 15) is 14.4 Å². The van der Waals surface area contributed by atoms with Gasteiger partial charge in [0, 0.05) is 37.2 Å². The smallest absolute Gasteiger partial charge is 0.251 e. The highest BCUT2D eigenvalue weighted by Crippen LogP contribution is 2.14. The maximum absolute atomic E-state index is 12.1. The highest BCUT2D eigenvalue weighted by atomic mass is 16.5. The van der Waals surface area contributed by atoms with Crippen LogP contribution in [0.3, 0.4) is 0 Å². The van der Waals surface area contributed by atoms with Gasteiger partial charge in [0.2, 0.25) is 11.8 Å². The van der Waals surface area contributed by atoms with Crippen LogP contribution >= 0.6 is 0 Å². The number of hydrogen-bond acceptors (Lipinski definition) is 4. The minimum atomic E-state index is -0.229. The first-order valence-corrected chi connectivity index (χ1v) is 9.59. The molecule has 0 heterocycles. The number of benzene rings is 2.